The molecule has 0 amide bonds. The van der Waals surface area contributed by atoms with Crippen LogP contribution in [-0.4, -0.2) is 31.1 Å². The van der Waals surface area contributed by atoms with E-state index in [1.165, 1.54) is 12.1 Å². The summed E-state index contributed by atoms with van der Waals surface area (Å²) >= 11 is 6.10. The fraction of sp³-hybridized carbons (Fsp3) is 0.138. The zero-order valence-electron chi connectivity index (χ0n) is 22.1. The molecule has 41 heavy (non-hydrogen) atoms. The number of nitrogens with zero attached hydrogens (tertiary/aromatic N) is 3. The van der Waals surface area contributed by atoms with Crippen LogP contribution >= 0.6 is 11.6 Å². The van der Waals surface area contributed by atoms with Gasteiger partial charge < -0.3 is 19.9 Å². The molecule has 12 heteroatoms. The summed E-state index contributed by atoms with van der Waals surface area (Å²) < 4.78 is 15.9. The molecule has 208 valence electrons. The van der Waals surface area contributed by atoms with E-state index < -0.39 is 28.5 Å². The number of nitrogens with two attached hydrogens (primary N) is 1. The monoisotopic (exact) mass is 574 g/mol. The van der Waals surface area contributed by atoms with Crippen molar-refractivity contribution >= 4 is 34.9 Å². The van der Waals surface area contributed by atoms with Crippen LogP contribution in [0.1, 0.15) is 17.0 Å². The SMILES string of the molecule is COC(=O)C1=C(C(=O)OC)N(c2cc(Oc3ccc(Cl)c(C)c3)cc([N+](=O)[O-])c2)C(N)=C(C#N)C1c1ccccc1. The van der Waals surface area contributed by atoms with Gasteiger partial charge in [-0.25, -0.2) is 9.59 Å². The average molecular weight is 575 g/mol. The number of allylic oxidation sites excluding steroid dienone is 1. The molecule has 2 N–H and O–H groups in total. The molecule has 0 aliphatic carbocycles. The molecule has 3 aromatic rings. The number of nitro groups is 1. The third kappa shape index (κ3) is 5.54. The molecule has 0 spiro atoms. The van der Waals surface area contributed by atoms with Gasteiger partial charge in [0.2, 0.25) is 0 Å². The highest BCUT2D eigenvalue weighted by Crippen LogP contribution is 2.44. The van der Waals surface area contributed by atoms with Crippen LogP contribution in [0.25, 0.3) is 0 Å². The highest BCUT2D eigenvalue weighted by Gasteiger charge is 2.43. The molecule has 1 heterocycles. The third-order valence-electron chi connectivity index (χ3n) is 6.32. The number of ether oxygens (including phenoxy) is 3. The Hall–Kier alpha value is -5.34. The van der Waals surface area contributed by atoms with E-state index in [0.29, 0.717) is 21.9 Å². The van der Waals surface area contributed by atoms with Gasteiger partial charge in [0.05, 0.1) is 54.0 Å². The quantitative estimate of drug-likeness (QED) is 0.224. The van der Waals surface area contributed by atoms with Crippen molar-refractivity contribution in [2.24, 2.45) is 5.73 Å². The molecule has 0 radical (unpaired) electrons. The minimum atomic E-state index is -1.09. The van der Waals surface area contributed by atoms with Crippen molar-refractivity contribution < 1.29 is 28.7 Å². The van der Waals surface area contributed by atoms with E-state index in [4.69, 9.17) is 31.5 Å². The second-order valence-electron chi connectivity index (χ2n) is 8.79. The van der Waals surface area contributed by atoms with E-state index in [1.807, 2.05) is 6.07 Å². The number of esters is 2. The lowest BCUT2D eigenvalue weighted by Crippen LogP contribution is -2.40. The second kappa shape index (κ2) is 11.8. The first-order valence-corrected chi connectivity index (χ1v) is 12.4. The number of nitro benzene ring substituents is 1. The molecular weight excluding hydrogens is 552 g/mol. The van der Waals surface area contributed by atoms with Crippen LogP contribution in [0.4, 0.5) is 11.4 Å². The normalized spacial score (nSPS) is 14.8. The Kier molecular flexibility index (Phi) is 8.26. The van der Waals surface area contributed by atoms with Gasteiger partial charge in [0.1, 0.15) is 23.0 Å². The maximum atomic E-state index is 13.3. The predicted molar refractivity (Wildman–Crippen MR) is 149 cm³/mol. The number of benzene rings is 3. The summed E-state index contributed by atoms with van der Waals surface area (Å²) in [6, 6.07) is 19.0. The fourth-order valence-electron chi connectivity index (χ4n) is 4.46. The van der Waals surface area contributed by atoms with Gasteiger partial charge in [0.25, 0.3) is 5.69 Å². The summed E-state index contributed by atoms with van der Waals surface area (Å²) in [5, 5.41) is 22.6. The van der Waals surface area contributed by atoms with Crippen molar-refractivity contribution in [1.29, 1.82) is 5.26 Å². The highest BCUT2D eigenvalue weighted by atomic mass is 35.5. The fourth-order valence-corrected chi connectivity index (χ4v) is 4.58. The lowest BCUT2D eigenvalue weighted by atomic mass is 9.81. The Bertz CT molecular complexity index is 1660. The molecular formula is C29H23ClN4O7. The number of methoxy groups -OCH3 is 2. The lowest BCUT2D eigenvalue weighted by molar-refractivity contribution is -0.384. The summed E-state index contributed by atoms with van der Waals surface area (Å²) in [6.07, 6.45) is 0. The zero-order chi connectivity index (χ0) is 29.8. The predicted octanol–water partition coefficient (Wildman–Crippen LogP) is 5.25. The van der Waals surface area contributed by atoms with Crippen LogP contribution in [0.2, 0.25) is 5.02 Å². The number of rotatable bonds is 7. The number of aryl methyl sites for hydroxylation is 1. The van der Waals surface area contributed by atoms with E-state index in [-0.39, 0.29) is 34.1 Å². The number of hydrogen-bond acceptors (Lipinski definition) is 10. The van der Waals surface area contributed by atoms with E-state index >= 15 is 0 Å². The van der Waals surface area contributed by atoms with Gasteiger partial charge in [0.15, 0.2) is 0 Å². The van der Waals surface area contributed by atoms with Crippen LogP contribution in [0, 0.1) is 28.4 Å². The van der Waals surface area contributed by atoms with Gasteiger partial charge in [-0.1, -0.05) is 41.9 Å². The smallest absolute Gasteiger partial charge is 0.355 e. The van der Waals surface area contributed by atoms with Crippen molar-refractivity contribution in [3.05, 3.63) is 116 Å². The maximum absolute atomic E-state index is 13.3. The van der Waals surface area contributed by atoms with Crippen molar-refractivity contribution in [2.75, 3.05) is 19.1 Å². The maximum Gasteiger partial charge on any atom is 0.355 e. The third-order valence-corrected chi connectivity index (χ3v) is 6.74. The second-order valence-corrected chi connectivity index (χ2v) is 9.20. The summed E-state index contributed by atoms with van der Waals surface area (Å²) in [5.41, 5.74) is 6.54. The van der Waals surface area contributed by atoms with Crippen molar-refractivity contribution in [3.63, 3.8) is 0 Å². The highest BCUT2D eigenvalue weighted by molar-refractivity contribution is 6.31. The molecule has 11 nitrogen and oxygen atoms in total. The van der Waals surface area contributed by atoms with Crippen LogP contribution in [0.5, 0.6) is 11.5 Å². The minimum absolute atomic E-state index is 0.0104. The summed E-state index contributed by atoms with van der Waals surface area (Å²) in [5.74, 6) is -2.91. The van der Waals surface area contributed by atoms with E-state index in [0.717, 1.165) is 25.2 Å². The summed E-state index contributed by atoms with van der Waals surface area (Å²) in [4.78, 5) is 38.8. The Labute approximate surface area is 239 Å². The number of hydrogen-bond donors (Lipinski definition) is 1. The Balaban J connectivity index is 2.01. The number of anilines is 1. The van der Waals surface area contributed by atoms with Crippen molar-refractivity contribution in [2.45, 2.75) is 12.8 Å². The van der Waals surface area contributed by atoms with E-state index in [2.05, 4.69) is 0 Å². The van der Waals surface area contributed by atoms with Gasteiger partial charge in [-0.05, 0) is 36.2 Å². The van der Waals surface area contributed by atoms with Gasteiger partial charge in [-0.15, -0.1) is 0 Å². The van der Waals surface area contributed by atoms with Crippen molar-refractivity contribution in [1.82, 2.24) is 0 Å². The number of halogens is 1. The first kappa shape index (κ1) is 28.7. The van der Waals surface area contributed by atoms with Gasteiger partial charge in [-0.2, -0.15) is 5.26 Å². The first-order valence-electron chi connectivity index (χ1n) is 12.0. The Morgan fingerprint density at radius 2 is 1.71 bits per heavy atom. The van der Waals surface area contributed by atoms with Crippen molar-refractivity contribution in [3.8, 4) is 17.6 Å². The molecule has 0 bridgehead atoms. The van der Waals surface area contributed by atoms with Gasteiger partial charge >= 0.3 is 11.9 Å². The standard InChI is InChI=1S/C29H23ClN4O7/c1-16-11-20(9-10-23(16)30)41-21-13-18(12-19(14-21)34(37)38)33-26(29(36)40-3)25(28(35)39-2)24(22(15-31)27(33)32)17-7-5-4-6-8-17/h4-14,24H,32H2,1-3H3. The van der Waals surface area contributed by atoms with E-state index in [9.17, 15) is 25.0 Å². The zero-order valence-corrected chi connectivity index (χ0v) is 22.8. The molecule has 0 fully saturated rings. The number of carbonyl (C=O) groups excluding carboxylic acids is 2. The molecule has 4 rings (SSSR count). The largest absolute Gasteiger partial charge is 0.466 e. The number of nitriles is 1. The Morgan fingerprint density at radius 1 is 1.02 bits per heavy atom. The van der Waals surface area contributed by atoms with Crippen LogP contribution in [0.3, 0.4) is 0 Å². The number of non-ortho nitro benzene ring substituents is 1. The molecule has 1 aliphatic rings. The van der Waals surface area contributed by atoms with Crippen LogP contribution in [-0.2, 0) is 19.1 Å². The molecule has 0 saturated carbocycles. The Morgan fingerprint density at radius 3 is 2.29 bits per heavy atom. The van der Waals surface area contributed by atoms with Gasteiger partial charge in [0, 0.05) is 17.2 Å². The molecule has 0 aromatic heterocycles. The molecule has 1 unspecified atom stereocenters. The lowest BCUT2D eigenvalue weighted by Gasteiger charge is -2.35. The molecule has 1 aliphatic heterocycles. The molecule has 1 atom stereocenters. The van der Waals surface area contributed by atoms with E-state index in [1.54, 1.807) is 55.5 Å². The average Bonchev–Trinajstić information content (AvgIpc) is 2.97. The van der Waals surface area contributed by atoms with Crippen LogP contribution in [0.15, 0.2) is 89.4 Å². The summed E-state index contributed by atoms with van der Waals surface area (Å²) in [6.45, 7) is 1.77. The molecule has 3 aromatic carbocycles. The summed E-state index contributed by atoms with van der Waals surface area (Å²) in [7, 11) is 2.22. The topological polar surface area (TPSA) is 158 Å². The van der Waals surface area contributed by atoms with Crippen LogP contribution < -0.4 is 15.4 Å². The van der Waals surface area contributed by atoms with Gasteiger partial charge in [-0.3, -0.25) is 15.0 Å². The minimum Gasteiger partial charge on any atom is -0.466 e. The number of carbonyl (C=O) groups is 2. The first-order chi connectivity index (χ1) is 19.6. The molecule has 0 saturated heterocycles.